The molecule has 0 aliphatic heterocycles. The molecule has 1 rings (SSSR count). The van der Waals surface area contributed by atoms with E-state index < -0.39 is 5.97 Å². The Kier molecular flexibility index (Phi) is 3.79. The first-order valence-electron chi connectivity index (χ1n) is 4.59. The van der Waals surface area contributed by atoms with Crippen LogP contribution < -0.4 is 0 Å². The fraction of sp³-hybridized carbons (Fsp3) is 0.300. The van der Waals surface area contributed by atoms with Crippen molar-refractivity contribution in [3.63, 3.8) is 0 Å². The molecule has 0 aliphatic carbocycles. The molecule has 0 atom stereocenters. The van der Waals surface area contributed by atoms with Crippen LogP contribution in [0.25, 0.3) is 6.08 Å². The SMILES string of the molecule is O=C(O)CCCC=Cc1cc(O)[nH]c1O. The molecule has 5 nitrogen and oxygen atoms in total. The number of carbonyl (C=O) groups is 1. The molecular weight excluding hydrogens is 198 g/mol. The molecule has 0 saturated heterocycles. The van der Waals surface area contributed by atoms with Gasteiger partial charge < -0.3 is 15.3 Å². The Hall–Kier alpha value is -1.91. The highest BCUT2D eigenvalue weighted by molar-refractivity contribution is 5.66. The second kappa shape index (κ2) is 5.09. The lowest BCUT2D eigenvalue weighted by Crippen LogP contribution is -1.92. The summed E-state index contributed by atoms with van der Waals surface area (Å²) in [5.74, 6) is -1.01. The van der Waals surface area contributed by atoms with E-state index in [1.165, 1.54) is 6.07 Å². The van der Waals surface area contributed by atoms with Gasteiger partial charge in [0.05, 0.1) is 0 Å². The van der Waals surface area contributed by atoms with Crippen LogP contribution in [0.4, 0.5) is 0 Å². The van der Waals surface area contributed by atoms with E-state index in [1.807, 2.05) is 0 Å². The van der Waals surface area contributed by atoms with Gasteiger partial charge in [-0.3, -0.25) is 9.78 Å². The van der Waals surface area contributed by atoms with E-state index in [2.05, 4.69) is 4.98 Å². The van der Waals surface area contributed by atoms with Gasteiger partial charge in [0.15, 0.2) is 11.8 Å². The third kappa shape index (κ3) is 3.76. The monoisotopic (exact) mass is 211 g/mol. The summed E-state index contributed by atoms with van der Waals surface area (Å²) >= 11 is 0. The number of aromatic nitrogens is 1. The van der Waals surface area contributed by atoms with Crippen LogP contribution in [0.1, 0.15) is 24.8 Å². The molecule has 0 fully saturated rings. The van der Waals surface area contributed by atoms with Crippen LogP contribution in [0.15, 0.2) is 12.1 Å². The van der Waals surface area contributed by atoms with Crippen LogP contribution in [0.2, 0.25) is 0 Å². The number of hydrogen-bond acceptors (Lipinski definition) is 3. The van der Waals surface area contributed by atoms with E-state index in [9.17, 15) is 9.90 Å². The third-order valence-corrected chi connectivity index (χ3v) is 1.87. The summed E-state index contributed by atoms with van der Waals surface area (Å²) in [6, 6.07) is 1.39. The molecular formula is C10H13NO4. The molecule has 0 unspecified atom stereocenters. The van der Waals surface area contributed by atoms with Crippen LogP contribution in [0.5, 0.6) is 11.8 Å². The maximum absolute atomic E-state index is 10.2. The number of nitrogens with one attached hydrogen (secondary N) is 1. The van der Waals surface area contributed by atoms with Gasteiger partial charge in [-0.05, 0) is 12.8 Å². The zero-order chi connectivity index (χ0) is 11.3. The second-order valence-electron chi connectivity index (χ2n) is 3.15. The third-order valence-electron chi connectivity index (χ3n) is 1.87. The topological polar surface area (TPSA) is 93.5 Å². The highest BCUT2D eigenvalue weighted by atomic mass is 16.4. The summed E-state index contributed by atoms with van der Waals surface area (Å²) < 4.78 is 0. The Balaban J connectivity index is 2.38. The molecule has 0 bridgehead atoms. The van der Waals surface area contributed by atoms with E-state index in [-0.39, 0.29) is 18.2 Å². The molecule has 0 spiro atoms. The Bertz CT molecular complexity index is 367. The zero-order valence-electron chi connectivity index (χ0n) is 8.10. The molecule has 1 aromatic rings. The molecule has 0 aliphatic rings. The summed E-state index contributed by atoms with van der Waals surface area (Å²) in [5, 5.41) is 26.6. The number of rotatable bonds is 5. The smallest absolute Gasteiger partial charge is 0.303 e. The summed E-state index contributed by atoms with van der Waals surface area (Å²) in [6.07, 6.45) is 4.70. The van der Waals surface area contributed by atoms with Gasteiger partial charge in [0.1, 0.15) is 0 Å². The van der Waals surface area contributed by atoms with Crippen molar-refractivity contribution < 1.29 is 20.1 Å². The molecule has 82 valence electrons. The largest absolute Gasteiger partial charge is 0.494 e. The van der Waals surface area contributed by atoms with Crippen molar-refractivity contribution in [3.8, 4) is 11.8 Å². The lowest BCUT2D eigenvalue weighted by atomic mass is 10.2. The summed E-state index contributed by atoms with van der Waals surface area (Å²) in [4.78, 5) is 12.5. The fourth-order valence-corrected chi connectivity index (χ4v) is 1.15. The number of H-pyrrole nitrogens is 1. The van der Waals surface area contributed by atoms with Gasteiger partial charge in [-0.15, -0.1) is 0 Å². The quantitative estimate of drug-likeness (QED) is 0.557. The van der Waals surface area contributed by atoms with E-state index in [1.54, 1.807) is 12.2 Å². The normalized spacial score (nSPS) is 10.9. The molecule has 0 radical (unpaired) electrons. The molecule has 5 heteroatoms. The van der Waals surface area contributed by atoms with Gasteiger partial charge >= 0.3 is 5.97 Å². The number of aliphatic carboxylic acids is 1. The fourth-order valence-electron chi connectivity index (χ4n) is 1.15. The van der Waals surface area contributed by atoms with Crippen LogP contribution >= 0.6 is 0 Å². The summed E-state index contributed by atoms with van der Waals surface area (Å²) in [5.41, 5.74) is 0.489. The van der Waals surface area contributed by atoms with Crippen LogP contribution in [-0.2, 0) is 4.79 Å². The van der Waals surface area contributed by atoms with Gasteiger partial charge in [0.2, 0.25) is 0 Å². The van der Waals surface area contributed by atoms with E-state index >= 15 is 0 Å². The van der Waals surface area contributed by atoms with Crippen molar-refractivity contribution in [1.29, 1.82) is 0 Å². The molecule has 1 aromatic heterocycles. The first kappa shape index (κ1) is 11.2. The average molecular weight is 211 g/mol. The number of hydrogen-bond donors (Lipinski definition) is 4. The summed E-state index contributed by atoms with van der Waals surface area (Å²) in [7, 11) is 0. The minimum Gasteiger partial charge on any atom is -0.494 e. The van der Waals surface area contributed by atoms with Gasteiger partial charge in [-0.25, -0.2) is 0 Å². The van der Waals surface area contributed by atoms with E-state index in [0.717, 1.165) is 0 Å². The molecule has 0 saturated carbocycles. The van der Waals surface area contributed by atoms with Crippen LogP contribution in [-0.4, -0.2) is 26.3 Å². The van der Waals surface area contributed by atoms with E-state index in [4.69, 9.17) is 10.2 Å². The van der Waals surface area contributed by atoms with Crippen molar-refractivity contribution in [2.24, 2.45) is 0 Å². The van der Waals surface area contributed by atoms with Crippen molar-refractivity contribution in [1.82, 2.24) is 4.98 Å². The lowest BCUT2D eigenvalue weighted by Gasteiger charge is -1.91. The van der Waals surface area contributed by atoms with Crippen molar-refractivity contribution in [2.75, 3.05) is 0 Å². The number of aromatic hydroxyl groups is 2. The van der Waals surface area contributed by atoms with E-state index in [0.29, 0.717) is 18.4 Å². The second-order valence-corrected chi connectivity index (χ2v) is 3.15. The zero-order valence-corrected chi connectivity index (χ0v) is 8.10. The number of aromatic amines is 1. The Morgan fingerprint density at radius 2 is 2.20 bits per heavy atom. The minimum absolute atomic E-state index is 0.0954. The van der Waals surface area contributed by atoms with Crippen molar-refractivity contribution in [2.45, 2.75) is 19.3 Å². The first-order valence-corrected chi connectivity index (χ1v) is 4.59. The molecule has 1 heterocycles. The minimum atomic E-state index is -0.814. The Morgan fingerprint density at radius 1 is 1.47 bits per heavy atom. The van der Waals surface area contributed by atoms with Crippen LogP contribution in [0.3, 0.4) is 0 Å². The summed E-state index contributed by atoms with van der Waals surface area (Å²) in [6.45, 7) is 0. The molecule has 0 amide bonds. The number of unbranched alkanes of at least 4 members (excludes halogenated alkanes) is 1. The molecule has 15 heavy (non-hydrogen) atoms. The standard InChI is InChI=1S/C10H13NO4/c12-8-6-7(10(15)11-8)4-2-1-3-5-9(13)14/h2,4,6,11-12,15H,1,3,5H2,(H,13,14). The predicted molar refractivity (Wildman–Crippen MR) is 54.6 cm³/mol. The van der Waals surface area contributed by atoms with Gasteiger partial charge in [-0.1, -0.05) is 12.2 Å². The predicted octanol–water partition coefficient (Wildman–Crippen LogP) is 1.69. The highest BCUT2D eigenvalue weighted by Crippen LogP contribution is 2.22. The van der Waals surface area contributed by atoms with Crippen molar-refractivity contribution >= 4 is 12.0 Å². The van der Waals surface area contributed by atoms with Crippen molar-refractivity contribution in [3.05, 3.63) is 17.7 Å². The maximum Gasteiger partial charge on any atom is 0.303 e. The number of carboxylic acid groups (broad SMARTS) is 1. The van der Waals surface area contributed by atoms with Crippen LogP contribution in [0, 0.1) is 0 Å². The Labute approximate surface area is 86.7 Å². The highest BCUT2D eigenvalue weighted by Gasteiger charge is 2.01. The average Bonchev–Trinajstić information content (AvgIpc) is 2.44. The number of carboxylic acids is 1. The first-order chi connectivity index (χ1) is 7.09. The van der Waals surface area contributed by atoms with Gasteiger partial charge in [-0.2, -0.15) is 0 Å². The van der Waals surface area contributed by atoms with Gasteiger partial charge in [0, 0.05) is 18.1 Å². The lowest BCUT2D eigenvalue weighted by molar-refractivity contribution is -0.137. The maximum atomic E-state index is 10.2. The number of allylic oxidation sites excluding steroid dienone is 1. The Morgan fingerprint density at radius 3 is 2.73 bits per heavy atom. The molecule has 4 N–H and O–H groups in total. The van der Waals surface area contributed by atoms with Gasteiger partial charge in [0.25, 0.3) is 0 Å². The molecule has 0 aromatic carbocycles.